The highest BCUT2D eigenvalue weighted by Gasteiger charge is 2.16. The molecule has 4 heteroatoms. The minimum atomic E-state index is -0.270. The summed E-state index contributed by atoms with van der Waals surface area (Å²) in [7, 11) is 0. The van der Waals surface area contributed by atoms with Crippen LogP contribution in [0.2, 0.25) is 0 Å². The molecular formula is C17H26N2O2. The summed E-state index contributed by atoms with van der Waals surface area (Å²) >= 11 is 0. The van der Waals surface area contributed by atoms with Crippen LogP contribution < -0.4 is 10.6 Å². The Kier molecular flexibility index (Phi) is 7.51. The van der Waals surface area contributed by atoms with Gasteiger partial charge in [-0.25, -0.2) is 0 Å². The Balaban J connectivity index is 2.49. The van der Waals surface area contributed by atoms with Gasteiger partial charge in [-0.3, -0.25) is 9.59 Å². The van der Waals surface area contributed by atoms with E-state index in [4.69, 9.17) is 0 Å². The first-order chi connectivity index (χ1) is 9.99. The molecule has 0 aromatic heterocycles. The summed E-state index contributed by atoms with van der Waals surface area (Å²) in [6.07, 6.45) is 2.36. The lowest BCUT2D eigenvalue weighted by Crippen LogP contribution is -2.33. The van der Waals surface area contributed by atoms with E-state index in [1.807, 2.05) is 30.3 Å². The number of hydrogen-bond acceptors (Lipinski definition) is 2. The number of carbonyl (C=O) groups excluding carboxylic acids is 2. The van der Waals surface area contributed by atoms with Crippen LogP contribution in [0.4, 0.5) is 0 Å². The first-order valence-electron chi connectivity index (χ1n) is 7.57. The molecule has 116 valence electrons. The standard InChI is InChI=1S/C17H26N2O2/c1-13(2)8-7-11-18-17(21)12-16(19-14(3)20)15-9-5-4-6-10-15/h4-6,9-10,13,16H,7-8,11-12H2,1-3H3,(H,18,21)(H,19,20). The minimum absolute atomic E-state index is 0.0265. The van der Waals surface area contributed by atoms with E-state index in [9.17, 15) is 9.59 Å². The monoisotopic (exact) mass is 290 g/mol. The van der Waals surface area contributed by atoms with Crippen LogP contribution in [0.5, 0.6) is 0 Å². The van der Waals surface area contributed by atoms with Gasteiger partial charge in [0, 0.05) is 13.5 Å². The number of benzene rings is 1. The molecule has 0 radical (unpaired) electrons. The first-order valence-corrected chi connectivity index (χ1v) is 7.57. The van der Waals surface area contributed by atoms with Gasteiger partial charge in [-0.2, -0.15) is 0 Å². The Hall–Kier alpha value is -1.84. The zero-order valence-electron chi connectivity index (χ0n) is 13.2. The third kappa shape index (κ3) is 7.49. The molecule has 0 bridgehead atoms. The van der Waals surface area contributed by atoms with Crippen molar-refractivity contribution in [3.05, 3.63) is 35.9 Å². The predicted molar refractivity (Wildman–Crippen MR) is 84.7 cm³/mol. The van der Waals surface area contributed by atoms with Gasteiger partial charge in [0.2, 0.25) is 11.8 Å². The van der Waals surface area contributed by atoms with Gasteiger partial charge in [0.05, 0.1) is 12.5 Å². The Morgan fingerprint density at radius 2 is 1.81 bits per heavy atom. The summed E-state index contributed by atoms with van der Waals surface area (Å²) in [6.45, 7) is 6.50. The second-order valence-electron chi connectivity index (χ2n) is 5.75. The fraction of sp³-hybridized carbons (Fsp3) is 0.529. The van der Waals surface area contributed by atoms with Crippen molar-refractivity contribution in [2.24, 2.45) is 5.92 Å². The number of nitrogens with one attached hydrogen (secondary N) is 2. The van der Waals surface area contributed by atoms with Gasteiger partial charge >= 0.3 is 0 Å². The van der Waals surface area contributed by atoms with Crippen LogP contribution in [0.3, 0.4) is 0 Å². The maximum absolute atomic E-state index is 12.0. The Morgan fingerprint density at radius 3 is 2.38 bits per heavy atom. The molecule has 21 heavy (non-hydrogen) atoms. The number of rotatable bonds is 8. The summed E-state index contributed by atoms with van der Waals surface area (Å²) < 4.78 is 0. The molecule has 0 saturated carbocycles. The second kappa shape index (κ2) is 9.16. The van der Waals surface area contributed by atoms with Crippen molar-refractivity contribution in [2.75, 3.05) is 6.54 Å². The lowest BCUT2D eigenvalue weighted by molar-refractivity contribution is -0.122. The van der Waals surface area contributed by atoms with E-state index in [1.54, 1.807) is 0 Å². The first kappa shape index (κ1) is 17.2. The van der Waals surface area contributed by atoms with Crippen LogP contribution in [0.25, 0.3) is 0 Å². The van der Waals surface area contributed by atoms with Crippen molar-refractivity contribution in [1.82, 2.24) is 10.6 Å². The maximum Gasteiger partial charge on any atom is 0.222 e. The average Bonchev–Trinajstić information content (AvgIpc) is 2.43. The van der Waals surface area contributed by atoms with Crippen LogP contribution in [0.1, 0.15) is 51.6 Å². The molecule has 2 N–H and O–H groups in total. The van der Waals surface area contributed by atoms with Crippen LogP contribution in [-0.4, -0.2) is 18.4 Å². The number of hydrogen-bond donors (Lipinski definition) is 2. The summed E-state index contributed by atoms with van der Waals surface area (Å²) in [5, 5.41) is 5.76. The third-order valence-corrected chi connectivity index (χ3v) is 3.25. The summed E-state index contributed by atoms with van der Waals surface area (Å²) in [6, 6.07) is 9.31. The Labute approximate surface area is 127 Å². The van der Waals surface area contributed by atoms with Gasteiger partial charge in [-0.05, 0) is 24.3 Å². The summed E-state index contributed by atoms with van der Waals surface area (Å²) in [5.74, 6) is 0.496. The zero-order chi connectivity index (χ0) is 15.7. The van der Waals surface area contributed by atoms with E-state index in [2.05, 4.69) is 24.5 Å². The SMILES string of the molecule is CC(=O)NC(CC(=O)NCCCC(C)C)c1ccccc1. The Morgan fingerprint density at radius 1 is 1.14 bits per heavy atom. The molecule has 1 aromatic rings. The van der Waals surface area contributed by atoms with Crippen molar-refractivity contribution in [3.63, 3.8) is 0 Å². The molecule has 0 aliphatic rings. The van der Waals surface area contributed by atoms with Crippen molar-refractivity contribution in [2.45, 2.75) is 46.1 Å². The van der Waals surface area contributed by atoms with Gasteiger partial charge in [-0.15, -0.1) is 0 Å². The van der Waals surface area contributed by atoms with Crippen molar-refractivity contribution >= 4 is 11.8 Å². The molecule has 1 unspecified atom stereocenters. The van der Waals surface area contributed by atoms with Gasteiger partial charge in [-0.1, -0.05) is 44.2 Å². The third-order valence-electron chi connectivity index (χ3n) is 3.25. The van der Waals surface area contributed by atoms with Gasteiger partial charge in [0.1, 0.15) is 0 Å². The second-order valence-corrected chi connectivity index (χ2v) is 5.75. The van der Waals surface area contributed by atoms with Crippen LogP contribution in [0.15, 0.2) is 30.3 Å². The summed E-state index contributed by atoms with van der Waals surface area (Å²) in [4.78, 5) is 23.3. The van der Waals surface area contributed by atoms with Gasteiger partial charge < -0.3 is 10.6 Å². The van der Waals surface area contributed by atoms with Crippen molar-refractivity contribution < 1.29 is 9.59 Å². The van der Waals surface area contributed by atoms with Gasteiger partial charge in [0.25, 0.3) is 0 Å². The normalized spacial score (nSPS) is 12.0. The predicted octanol–water partition coefficient (Wildman–Crippen LogP) is 2.81. The van der Waals surface area contributed by atoms with Crippen LogP contribution in [-0.2, 0) is 9.59 Å². The van der Waals surface area contributed by atoms with E-state index >= 15 is 0 Å². The fourth-order valence-corrected chi connectivity index (χ4v) is 2.18. The fourth-order valence-electron chi connectivity index (χ4n) is 2.18. The molecule has 0 saturated heterocycles. The quantitative estimate of drug-likeness (QED) is 0.723. The molecule has 0 spiro atoms. The van der Waals surface area contributed by atoms with E-state index in [-0.39, 0.29) is 24.3 Å². The molecule has 2 amide bonds. The van der Waals surface area contributed by atoms with E-state index in [0.717, 1.165) is 18.4 Å². The van der Waals surface area contributed by atoms with Gasteiger partial charge in [0.15, 0.2) is 0 Å². The highest BCUT2D eigenvalue weighted by Crippen LogP contribution is 2.16. The molecule has 0 aliphatic carbocycles. The summed E-state index contributed by atoms with van der Waals surface area (Å²) in [5.41, 5.74) is 0.949. The molecule has 1 rings (SSSR count). The molecule has 0 fully saturated rings. The molecule has 1 atom stereocenters. The lowest BCUT2D eigenvalue weighted by Gasteiger charge is -2.18. The average molecular weight is 290 g/mol. The van der Waals surface area contributed by atoms with Crippen LogP contribution in [0, 0.1) is 5.92 Å². The van der Waals surface area contributed by atoms with E-state index < -0.39 is 0 Å². The minimum Gasteiger partial charge on any atom is -0.356 e. The maximum atomic E-state index is 12.0. The highest BCUT2D eigenvalue weighted by atomic mass is 16.2. The van der Waals surface area contributed by atoms with Crippen LogP contribution >= 0.6 is 0 Å². The largest absolute Gasteiger partial charge is 0.356 e. The van der Waals surface area contributed by atoms with Crippen molar-refractivity contribution in [1.29, 1.82) is 0 Å². The highest BCUT2D eigenvalue weighted by molar-refractivity contribution is 5.79. The van der Waals surface area contributed by atoms with Crippen molar-refractivity contribution in [3.8, 4) is 0 Å². The molecule has 1 aromatic carbocycles. The van der Waals surface area contributed by atoms with E-state index in [1.165, 1.54) is 6.92 Å². The topological polar surface area (TPSA) is 58.2 Å². The van der Waals surface area contributed by atoms with E-state index in [0.29, 0.717) is 12.5 Å². The Bertz CT molecular complexity index is 443. The number of carbonyl (C=O) groups is 2. The molecular weight excluding hydrogens is 264 g/mol. The molecule has 0 aliphatic heterocycles. The zero-order valence-corrected chi connectivity index (χ0v) is 13.2. The molecule has 0 heterocycles. The molecule has 4 nitrogen and oxygen atoms in total. The number of amides is 2. The smallest absolute Gasteiger partial charge is 0.222 e. The lowest BCUT2D eigenvalue weighted by atomic mass is 10.0.